The van der Waals surface area contributed by atoms with E-state index >= 15 is 0 Å². The molecule has 2 aromatic rings. The van der Waals surface area contributed by atoms with Crippen molar-refractivity contribution in [1.82, 2.24) is 5.32 Å². The molecule has 1 amide bonds. The molecule has 0 spiro atoms. The third kappa shape index (κ3) is 5.62. The number of carbonyl (C=O) groups is 1. The molecule has 0 saturated carbocycles. The van der Waals surface area contributed by atoms with Crippen molar-refractivity contribution in [2.45, 2.75) is 32.7 Å². The maximum atomic E-state index is 11.6. The Morgan fingerprint density at radius 3 is 2.61 bits per heavy atom. The third-order valence-electron chi connectivity index (χ3n) is 3.29. The molecule has 2 rings (SSSR count). The maximum Gasteiger partial charge on any atom is 0.261 e. The highest BCUT2D eigenvalue weighted by molar-refractivity contribution is 5.79. The first-order valence-corrected chi connectivity index (χ1v) is 7.50. The van der Waals surface area contributed by atoms with Crippen LogP contribution >= 0.6 is 0 Å². The molecule has 0 bridgehead atoms. The van der Waals surface area contributed by atoms with E-state index in [0.717, 1.165) is 5.56 Å². The van der Waals surface area contributed by atoms with Crippen molar-refractivity contribution in [3.63, 3.8) is 0 Å². The monoisotopic (exact) mass is 314 g/mol. The molecular formula is C18H22N2O3. The zero-order chi connectivity index (χ0) is 16.7. The standard InChI is InChI=1S/C18H22N2O3/c1-18(2,3)15-8-6-14(7-9-15)11-20-23-13-17(21)19-12-16-5-4-10-22-16/h4-11H,12-13H2,1-3H3,(H,19,21). The second-order valence-electron chi connectivity index (χ2n) is 6.24. The van der Waals surface area contributed by atoms with Crippen LogP contribution in [0.25, 0.3) is 0 Å². The summed E-state index contributed by atoms with van der Waals surface area (Å²) in [7, 11) is 0. The summed E-state index contributed by atoms with van der Waals surface area (Å²) in [6, 6.07) is 11.7. The number of nitrogens with zero attached hydrogens (tertiary/aromatic N) is 1. The summed E-state index contributed by atoms with van der Waals surface area (Å²) >= 11 is 0. The van der Waals surface area contributed by atoms with Crippen LogP contribution in [-0.4, -0.2) is 18.7 Å². The number of hydrogen-bond acceptors (Lipinski definition) is 4. The summed E-state index contributed by atoms with van der Waals surface area (Å²) in [4.78, 5) is 16.5. The summed E-state index contributed by atoms with van der Waals surface area (Å²) in [5.74, 6) is 0.447. The number of nitrogens with one attached hydrogen (secondary N) is 1. The molecule has 0 aliphatic carbocycles. The van der Waals surface area contributed by atoms with E-state index in [0.29, 0.717) is 12.3 Å². The van der Waals surface area contributed by atoms with Gasteiger partial charge in [0, 0.05) is 0 Å². The molecule has 1 aromatic carbocycles. The molecule has 0 aliphatic rings. The molecule has 0 unspecified atom stereocenters. The second-order valence-corrected chi connectivity index (χ2v) is 6.24. The van der Waals surface area contributed by atoms with Gasteiger partial charge in [0.05, 0.1) is 19.0 Å². The van der Waals surface area contributed by atoms with Crippen LogP contribution < -0.4 is 5.32 Å². The summed E-state index contributed by atoms with van der Waals surface area (Å²) in [5, 5.41) is 6.49. The molecule has 5 nitrogen and oxygen atoms in total. The minimum atomic E-state index is -0.248. The smallest absolute Gasteiger partial charge is 0.261 e. The van der Waals surface area contributed by atoms with Crippen molar-refractivity contribution >= 4 is 12.1 Å². The zero-order valence-electron chi connectivity index (χ0n) is 13.7. The minimum Gasteiger partial charge on any atom is -0.467 e. The van der Waals surface area contributed by atoms with Crippen LogP contribution in [0.5, 0.6) is 0 Å². The average Bonchev–Trinajstić information content (AvgIpc) is 3.02. The fourth-order valence-electron chi connectivity index (χ4n) is 1.91. The summed E-state index contributed by atoms with van der Waals surface area (Å²) in [6.45, 7) is 6.71. The first-order valence-electron chi connectivity index (χ1n) is 7.50. The van der Waals surface area contributed by atoms with Gasteiger partial charge in [0.2, 0.25) is 0 Å². The maximum absolute atomic E-state index is 11.6. The largest absolute Gasteiger partial charge is 0.467 e. The van der Waals surface area contributed by atoms with Gasteiger partial charge in [-0.15, -0.1) is 0 Å². The average molecular weight is 314 g/mol. The van der Waals surface area contributed by atoms with Crippen molar-refractivity contribution in [2.24, 2.45) is 5.16 Å². The number of carbonyl (C=O) groups excluding carboxylic acids is 1. The fourth-order valence-corrected chi connectivity index (χ4v) is 1.91. The van der Waals surface area contributed by atoms with E-state index in [1.54, 1.807) is 24.6 Å². The van der Waals surface area contributed by atoms with Crippen LogP contribution in [0.4, 0.5) is 0 Å². The van der Waals surface area contributed by atoms with Crippen molar-refractivity contribution in [3.8, 4) is 0 Å². The number of hydrogen-bond donors (Lipinski definition) is 1. The first kappa shape index (κ1) is 16.8. The third-order valence-corrected chi connectivity index (χ3v) is 3.29. The Balaban J connectivity index is 1.72. The van der Waals surface area contributed by atoms with Crippen LogP contribution in [0, 0.1) is 0 Å². The number of amides is 1. The van der Waals surface area contributed by atoms with E-state index in [-0.39, 0.29) is 17.9 Å². The number of furan rings is 1. The van der Waals surface area contributed by atoms with E-state index in [9.17, 15) is 4.79 Å². The van der Waals surface area contributed by atoms with Gasteiger partial charge in [0.1, 0.15) is 5.76 Å². The highest BCUT2D eigenvalue weighted by Crippen LogP contribution is 2.21. The van der Waals surface area contributed by atoms with Gasteiger partial charge in [-0.25, -0.2) is 0 Å². The highest BCUT2D eigenvalue weighted by atomic mass is 16.6. The van der Waals surface area contributed by atoms with Gasteiger partial charge in [-0.3, -0.25) is 4.79 Å². The van der Waals surface area contributed by atoms with Gasteiger partial charge in [-0.2, -0.15) is 0 Å². The predicted molar refractivity (Wildman–Crippen MR) is 89.2 cm³/mol. The van der Waals surface area contributed by atoms with E-state index in [2.05, 4.69) is 43.4 Å². The Labute approximate surface area is 136 Å². The SMILES string of the molecule is CC(C)(C)c1ccc(C=NOCC(=O)NCc2ccco2)cc1. The molecule has 23 heavy (non-hydrogen) atoms. The Kier molecular flexibility index (Phi) is 5.57. The molecule has 0 radical (unpaired) electrons. The summed E-state index contributed by atoms with van der Waals surface area (Å²) in [5.41, 5.74) is 2.31. The van der Waals surface area contributed by atoms with Crippen LogP contribution in [0.3, 0.4) is 0 Å². The Bertz CT molecular complexity index is 638. The highest BCUT2D eigenvalue weighted by Gasteiger charge is 2.12. The van der Waals surface area contributed by atoms with E-state index < -0.39 is 0 Å². The molecule has 1 N–H and O–H groups in total. The van der Waals surface area contributed by atoms with E-state index in [1.165, 1.54) is 5.56 Å². The molecule has 0 saturated heterocycles. The summed E-state index contributed by atoms with van der Waals surface area (Å²) < 4.78 is 5.12. The lowest BCUT2D eigenvalue weighted by atomic mass is 9.87. The number of oxime groups is 1. The quantitative estimate of drug-likeness (QED) is 0.657. The molecule has 1 heterocycles. The van der Waals surface area contributed by atoms with Gasteiger partial charge in [0.25, 0.3) is 5.91 Å². The second kappa shape index (κ2) is 7.63. The molecule has 1 aromatic heterocycles. The first-order chi connectivity index (χ1) is 10.9. The lowest BCUT2D eigenvalue weighted by Crippen LogP contribution is -2.26. The predicted octanol–water partition coefficient (Wildman–Crippen LogP) is 3.24. The lowest BCUT2D eigenvalue weighted by molar-refractivity contribution is -0.125. The Morgan fingerprint density at radius 2 is 2.00 bits per heavy atom. The van der Waals surface area contributed by atoms with Crippen LogP contribution in [0.1, 0.15) is 37.7 Å². The topological polar surface area (TPSA) is 63.8 Å². The Hall–Kier alpha value is -2.56. The van der Waals surface area contributed by atoms with Crippen molar-refractivity contribution in [1.29, 1.82) is 0 Å². The van der Waals surface area contributed by atoms with Crippen molar-refractivity contribution in [2.75, 3.05) is 6.61 Å². The summed E-state index contributed by atoms with van der Waals surface area (Å²) in [6.07, 6.45) is 3.15. The van der Waals surface area contributed by atoms with Crippen LogP contribution in [0.15, 0.2) is 52.2 Å². The fraction of sp³-hybridized carbons (Fsp3) is 0.333. The van der Waals surface area contributed by atoms with Crippen LogP contribution in [-0.2, 0) is 21.6 Å². The lowest BCUT2D eigenvalue weighted by Gasteiger charge is -2.18. The van der Waals surface area contributed by atoms with Crippen LogP contribution in [0.2, 0.25) is 0 Å². The van der Waals surface area contributed by atoms with E-state index in [1.807, 2.05) is 12.1 Å². The normalized spacial score (nSPS) is 11.6. The van der Waals surface area contributed by atoms with Gasteiger partial charge < -0.3 is 14.6 Å². The van der Waals surface area contributed by atoms with Gasteiger partial charge in [-0.05, 0) is 28.7 Å². The minimum absolute atomic E-state index is 0.123. The molecule has 0 atom stereocenters. The van der Waals surface area contributed by atoms with Gasteiger partial charge in [-0.1, -0.05) is 50.2 Å². The number of benzene rings is 1. The van der Waals surface area contributed by atoms with Crippen molar-refractivity contribution in [3.05, 3.63) is 59.5 Å². The zero-order valence-corrected chi connectivity index (χ0v) is 13.7. The molecule has 5 heteroatoms. The molecule has 0 fully saturated rings. The molecule has 0 aliphatic heterocycles. The Morgan fingerprint density at radius 1 is 1.26 bits per heavy atom. The van der Waals surface area contributed by atoms with Gasteiger partial charge >= 0.3 is 0 Å². The molecular weight excluding hydrogens is 292 g/mol. The van der Waals surface area contributed by atoms with Crippen molar-refractivity contribution < 1.29 is 14.0 Å². The molecule has 122 valence electrons. The van der Waals surface area contributed by atoms with E-state index in [4.69, 9.17) is 9.25 Å². The van der Waals surface area contributed by atoms with Gasteiger partial charge in [0.15, 0.2) is 6.61 Å². The number of rotatable bonds is 6.